The highest BCUT2D eigenvalue weighted by Crippen LogP contribution is 1.91. The lowest BCUT2D eigenvalue weighted by atomic mass is 10.7. The van der Waals surface area contributed by atoms with Gasteiger partial charge in [-0.25, -0.2) is 13.2 Å². The highest BCUT2D eigenvalue weighted by molar-refractivity contribution is 7.92. The Kier molecular flexibility index (Phi) is 2.57. The Labute approximate surface area is 74.8 Å². The van der Waals surface area contributed by atoms with Crippen molar-refractivity contribution in [3.63, 3.8) is 0 Å². The van der Waals surface area contributed by atoms with E-state index in [1.165, 1.54) is 12.4 Å². The van der Waals surface area contributed by atoms with Gasteiger partial charge in [0.25, 0.3) is 10.0 Å². The average molecular weight is 204 g/mol. The van der Waals surface area contributed by atoms with E-state index in [1.807, 2.05) is 4.83 Å². The first-order valence-electron chi connectivity index (χ1n) is 3.35. The van der Waals surface area contributed by atoms with E-state index in [2.05, 4.69) is 0 Å². The van der Waals surface area contributed by atoms with E-state index in [1.54, 1.807) is 12.1 Å². The molecular weight excluding hydrogens is 196 g/mol. The minimum Gasteiger partial charge on any atom is -0.480 e. The van der Waals surface area contributed by atoms with Gasteiger partial charge in [0.1, 0.15) is 0 Å². The first-order chi connectivity index (χ1) is 5.99. The molecular formula is C6H8N2O4S. The predicted octanol–water partition coefficient (Wildman–Crippen LogP) is -0.554. The van der Waals surface area contributed by atoms with Gasteiger partial charge in [-0.1, -0.05) is 0 Å². The number of nitrogens with zero attached hydrogens (tertiary/aromatic N) is 1. The number of hydrogen-bond acceptors (Lipinski definition) is 3. The van der Waals surface area contributed by atoms with E-state index in [-0.39, 0.29) is 0 Å². The molecule has 1 aromatic rings. The molecule has 0 radical (unpaired) electrons. The molecule has 1 rings (SSSR count). The molecule has 0 amide bonds. The van der Waals surface area contributed by atoms with Crippen molar-refractivity contribution >= 4 is 16.0 Å². The summed E-state index contributed by atoms with van der Waals surface area (Å²) in [6.07, 6.45) is 2.92. The van der Waals surface area contributed by atoms with Gasteiger partial charge >= 0.3 is 5.97 Å². The highest BCUT2D eigenvalue weighted by Gasteiger charge is 2.14. The number of carbonyl (C=O) groups is 1. The highest BCUT2D eigenvalue weighted by atomic mass is 32.2. The van der Waals surface area contributed by atoms with Crippen molar-refractivity contribution in [1.29, 1.82) is 0 Å². The molecule has 0 saturated carbocycles. The molecule has 7 heteroatoms. The van der Waals surface area contributed by atoms with Crippen molar-refractivity contribution in [2.75, 3.05) is 10.6 Å². The monoisotopic (exact) mass is 204 g/mol. The number of rotatable bonds is 4. The lowest BCUT2D eigenvalue weighted by molar-refractivity contribution is -0.134. The molecule has 6 nitrogen and oxygen atoms in total. The van der Waals surface area contributed by atoms with Gasteiger partial charge in [0.15, 0.2) is 5.75 Å². The van der Waals surface area contributed by atoms with Crippen LogP contribution in [0.2, 0.25) is 0 Å². The minimum absolute atomic E-state index is 0.939. The van der Waals surface area contributed by atoms with Crippen molar-refractivity contribution in [2.24, 2.45) is 0 Å². The Balaban J connectivity index is 2.68. The van der Waals surface area contributed by atoms with E-state index in [4.69, 9.17) is 5.11 Å². The second-order valence-electron chi connectivity index (χ2n) is 2.33. The molecule has 1 aromatic heterocycles. The summed E-state index contributed by atoms with van der Waals surface area (Å²) in [5, 5.41) is 8.25. The van der Waals surface area contributed by atoms with Crippen LogP contribution in [0, 0.1) is 0 Å². The minimum atomic E-state index is -3.79. The fourth-order valence-corrected chi connectivity index (χ4v) is 1.58. The number of aliphatic carboxylic acids is 1. The summed E-state index contributed by atoms with van der Waals surface area (Å²) in [5.41, 5.74) is 0. The quantitative estimate of drug-likeness (QED) is 0.688. The summed E-state index contributed by atoms with van der Waals surface area (Å²) in [6.45, 7) is 0. The topological polar surface area (TPSA) is 88.4 Å². The van der Waals surface area contributed by atoms with Gasteiger partial charge in [-0.15, -0.1) is 0 Å². The van der Waals surface area contributed by atoms with E-state index >= 15 is 0 Å². The molecule has 0 aromatic carbocycles. The van der Waals surface area contributed by atoms with Crippen LogP contribution < -0.4 is 4.83 Å². The second kappa shape index (κ2) is 3.48. The van der Waals surface area contributed by atoms with E-state index in [9.17, 15) is 13.2 Å². The summed E-state index contributed by atoms with van der Waals surface area (Å²) in [6, 6.07) is 3.23. The van der Waals surface area contributed by atoms with Crippen LogP contribution in [0.3, 0.4) is 0 Å². The summed E-state index contributed by atoms with van der Waals surface area (Å²) in [4.78, 5) is 12.2. The predicted molar refractivity (Wildman–Crippen MR) is 45.2 cm³/mol. The molecule has 0 aliphatic carbocycles. The maximum absolute atomic E-state index is 11.0. The molecule has 72 valence electrons. The molecule has 0 bridgehead atoms. The first kappa shape index (κ1) is 9.59. The zero-order valence-corrected chi connectivity index (χ0v) is 7.36. The third-order valence-corrected chi connectivity index (χ3v) is 2.28. The number of nitrogens with one attached hydrogen (secondary N) is 1. The number of sulfonamides is 1. The molecule has 13 heavy (non-hydrogen) atoms. The van der Waals surface area contributed by atoms with Gasteiger partial charge in [0, 0.05) is 12.4 Å². The maximum Gasteiger partial charge on any atom is 0.320 e. The lowest BCUT2D eigenvalue weighted by Gasteiger charge is -2.05. The zero-order chi connectivity index (χ0) is 9.90. The van der Waals surface area contributed by atoms with Gasteiger partial charge in [0.2, 0.25) is 0 Å². The Hall–Kier alpha value is -1.50. The lowest BCUT2D eigenvalue weighted by Crippen LogP contribution is -2.28. The van der Waals surface area contributed by atoms with Gasteiger partial charge in [-0.05, 0) is 12.1 Å². The number of aromatic nitrogens is 1. The number of carboxylic acid groups (broad SMARTS) is 1. The van der Waals surface area contributed by atoms with Crippen molar-refractivity contribution < 1.29 is 18.3 Å². The van der Waals surface area contributed by atoms with Gasteiger partial charge < -0.3 is 5.11 Å². The Morgan fingerprint density at radius 3 is 2.38 bits per heavy atom. The van der Waals surface area contributed by atoms with Gasteiger partial charge in [-0.2, -0.15) is 0 Å². The largest absolute Gasteiger partial charge is 0.480 e. The Morgan fingerprint density at radius 1 is 1.38 bits per heavy atom. The standard InChI is InChI=1S/C6H8N2O4S/c9-6(10)5-13(11,12)7-8-3-1-2-4-8/h1-4,7H,5H2,(H,9,10). The van der Waals surface area contributed by atoms with E-state index < -0.39 is 21.7 Å². The van der Waals surface area contributed by atoms with Crippen LogP contribution in [0.5, 0.6) is 0 Å². The van der Waals surface area contributed by atoms with Crippen LogP contribution in [-0.2, 0) is 14.8 Å². The fourth-order valence-electron chi connectivity index (χ4n) is 0.751. The SMILES string of the molecule is O=C(O)CS(=O)(=O)Nn1cccc1. The zero-order valence-electron chi connectivity index (χ0n) is 6.54. The van der Waals surface area contributed by atoms with E-state index in [0.717, 1.165) is 4.68 Å². The van der Waals surface area contributed by atoms with E-state index in [0.29, 0.717) is 0 Å². The molecule has 0 atom stereocenters. The molecule has 0 aliphatic rings. The van der Waals surface area contributed by atoms with Crippen molar-refractivity contribution in [1.82, 2.24) is 4.68 Å². The smallest absolute Gasteiger partial charge is 0.320 e. The first-order valence-corrected chi connectivity index (χ1v) is 5.00. The third kappa shape index (κ3) is 3.16. The molecule has 2 N–H and O–H groups in total. The number of hydrogen-bond donors (Lipinski definition) is 2. The van der Waals surface area contributed by atoms with Crippen molar-refractivity contribution in [2.45, 2.75) is 0 Å². The molecule has 1 heterocycles. The average Bonchev–Trinajstić information content (AvgIpc) is 2.34. The molecule has 0 spiro atoms. The molecule has 0 unspecified atom stereocenters. The van der Waals surface area contributed by atoms with Gasteiger partial charge in [0.05, 0.1) is 0 Å². The van der Waals surface area contributed by atoms with Crippen LogP contribution in [-0.4, -0.2) is 29.9 Å². The van der Waals surface area contributed by atoms with Crippen LogP contribution >= 0.6 is 0 Å². The summed E-state index contributed by atoms with van der Waals surface area (Å²) >= 11 is 0. The molecule has 0 saturated heterocycles. The fraction of sp³-hybridized carbons (Fsp3) is 0.167. The summed E-state index contributed by atoms with van der Waals surface area (Å²) < 4.78 is 23.2. The van der Waals surface area contributed by atoms with Crippen LogP contribution in [0.15, 0.2) is 24.5 Å². The summed E-state index contributed by atoms with van der Waals surface area (Å²) in [7, 11) is -3.79. The summed E-state index contributed by atoms with van der Waals surface area (Å²) in [5.74, 6) is -2.33. The Bertz CT molecular complexity index is 381. The normalized spacial score (nSPS) is 11.1. The Morgan fingerprint density at radius 2 is 1.92 bits per heavy atom. The third-order valence-electron chi connectivity index (χ3n) is 1.16. The van der Waals surface area contributed by atoms with Crippen LogP contribution in [0.4, 0.5) is 0 Å². The van der Waals surface area contributed by atoms with Gasteiger partial charge in [-0.3, -0.25) is 9.47 Å². The van der Waals surface area contributed by atoms with Crippen LogP contribution in [0.25, 0.3) is 0 Å². The van der Waals surface area contributed by atoms with Crippen LogP contribution in [0.1, 0.15) is 0 Å². The van der Waals surface area contributed by atoms with Crippen molar-refractivity contribution in [3.05, 3.63) is 24.5 Å². The number of carboxylic acids is 1. The maximum atomic E-state index is 11.0. The van der Waals surface area contributed by atoms with Crippen molar-refractivity contribution in [3.8, 4) is 0 Å². The second-order valence-corrected chi connectivity index (χ2v) is 4.04. The molecule has 0 aliphatic heterocycles. The molecule has 0 fully saturated rings.